The number of benzene rings is 1. The molecule has 0 unspecified atom stereocenters. The number of ether oxygens (including phenoxy) is 2. The molecule has 140 valence electrons. The quantitative estimate of drug-likeness (QED) is 0.724. The van der Waals surface area contributed by atoms with Crippen molar-refractivity contribution in [2.24, 2.45) is 0 Å². The topological polar surface area (TPSA) is 79.4 Å². The summed E-state index contributed by atoms with van der Waals surface area (Å²) in [6, 6.07) is 4.57. The van der Waals surface area contributed by atoms with Gasteiger partial charge in [0.15, 0.2) is 0 Å². The number of imide groups is 1. The van der Waals surface area contributed by atoms with Crippen molar-refractivity contribution in [1.82, 2.24) is 4.90 Å². The van der Waals surface area contributed by atoms with E-state index in [1.54, 1.807) is 12.1 Å². The van der Waals surface area contributed by atoms with E-state index in [-0.39, 0.29) is 13.1 Å². The highest BCUT2D eigenvalue weighted by atomic mass is 19.1. The van der Waals surface area contributed by atoms with E-state index in [2.05, 4.69) is 0 Å². The van der Waals surface area contributed by atoms with Crippen LogP contribution in [-0.4, -0.2) is 68.8 Å². The van der Waals surface area contributed by atoms with Crippen LogP contribution < -0.4 is 9.80 Å². The second kappa shape index (κ2) is 7.69. The molecule has 0 radical (unpaired) electrons. The number of hydrogen-bond acceptors (Lipinski definition) is 6. The molecule has 3 rings (SSSR count). The summed E-state index contributed by atoms with van der Waals surface area (Å²) < 4.78 is 25.0. The minimum absolute atomic E-state index is 0.0323. The summed E-state index contributed by atoms with van der Waals surface area (Å²) in [7, 11) is 0. The normalized spacial score (nSPS) is 20.1. The molecule has 9 heteroatoms. The van der Waals surface area contributed by atoms with Crippen molar-refractivity contribution < 1.29 is 28.2 Å². The highest BCUT2D eigenvalue weighted by Crippen LogP contribution is 2.28. The van der Waals surface area contributed by atoms with Gasteiger partial charge in [0, 0.05) is 20.0 Å². The molecule has 1 aromatic rings. The predicted octanol–water partition coefficient (Wildman–Crippen LogP) is 0.992. The maximum atomic E-state index is 14.5. The molecule has 2 fully saturated rings. The number of rotatable bonds is 5. The first-order valence-corrected chi connectivity index (χ1v) is 8.32. The Morgan fingerprint density at radius 2 is 2.12 bits per heavy atom. The molecule has 2 heterocycles. The van der Waals surface area contributed by atoms with Crippen molar-refractivity contribution in [3.8, 4) is 0 Å². The lowest BCUT2D eigenvalue weighted by molar-refractivity contribution is -0.137. The van der Waals surface area contributed by atoms with Gasteiger partial charge in [0.2, 0.25) is 12.3 Å². The number of nitrogens with zero attached hydrogens (tertiary/aromatic N) is 3. The first-order chi connectivity index (χ1) is 12.5. The number of hydrogen-bond donors (Lipinski definition) is 0. The maximum Gasteiger partial charge on any atom is 0.414 e. The fourth-order valence-electron chi connectivity index (χ4n) is 3.02. The van der Waals surface area contributed by atoms with Gasteiger partial charge in [-0.2, -0.15) is 0 Å². The fraction of sp³-hybridized carbons (Fsp3) is 0.471. The number of morpholine rings is 1. The maximum absolute atomic E-state index is 14.5. The zero-order valence-electron chi connectivity index (χ0n) is 14.4. The largest absolute Gasteiger partial charge is 0.442 e. The number of halogens is 1. The third-order valence-electron chi connectivity index (χ3n) is 4.40. The molecule has 2 saturated heterocycles. The van der Waals surface area contributed by atoms with Crippen molar-refractivity contribution in [1.29, 1.82) is 0 Å². The van der Waals surface area contributed by atoms with Gasteiger partial charge in [0.05, 0.1) is 37.7 Å². The summed E-state index contributed by atoms with van der Waals surface area (Å²) in [5, 5.41) is 0. The van der Waals surface area contributed by atoms with E-state index in [9.17, 15) is 18.8 Å². The third-order valence-corrected chi connectivity index (χ3v) is 4.40. The van der Waals surface area contributed by atoms with Crippen molar-refractivity contribution in [3.05, 3.63) is 24.0 Å². The van der Waals surface area contributed by atoms with E-state index in [1.807, 2.05) is 4.90 Å². The standard InChI is InChI=1S/C17H20FN3O5/c1-12(23)20(11-22)9-14-10-21(17(24)26-14)13-2-3-16(15(18)8-13)19-4-6-25-7-5-19/h2-3,8,11,14H,4-7,9-10H2,1H3/t14-/m0/s1. The second-order valence-electron chi connectivity index (χ2n) is 6.13. The molecular formula is C17H20FN3O5. The molecule has 1 atom stereocenters. The lowest BCUT2D eigenvalue weighted by Crippen LogP contribution is -2.37. The van der Waals surface area contributed by atoms with Crippen LogP contribution in [0.5, 0.6) is 0 Å². The molecule has 0 bridgehead atoms. The van der Waals surface area contributed by atoms with Crippen molar-refractivity contribution in [2.45, 2.75) is 13.0 Å². The van der Waals surface area contributed by atoms with E-state index in [1.165, 1.54) is 17.9 Å². The Morgan fingerprint density at radius 3 is 2.73 bits per heavy atom. The summed E-state index contributed by atoms with van der Waals surface area (Å²) in [5.41, 5.74) is 0.831. The average Bonchev–Trinajstić information content (AvgIpc) is 3.00. The lowest BCUT2D eigenvalue weighted by Gasteiger charge is -2.29. The fourth-order valence-corrected chi connectivity index (χ4v) is 3.02. The van der Waals surface area contributed by atoms with Gasteiger partial charge >= 0.3 is 6.09 Å². The van der Waals surface area contributed by atoms with Gasteiger partial charge in [0.25, 0.3) is 0 Å². The van der Waals surface area contributed by atoms with Gasteiger partial charge in [-0.15, -0.1) is 0 Å². The molecule has 0 N–H and O–H groups in total. The van der Waals surface area contributed by atoms with E-state index in [0.717, 1.165) is 4.90 Å². The van der Waals surface area contributed by atoms with Gasteiger partial charge in [-0.25, -0.2) is 9.18 Å². The number of carbonyl (C=O) groups is 3. The van der Waals surface area contributed by atoms with Gasteiger partial charge in [0.1, 0.15) is 11.9 Å². The van der Waals surface area contributed by atoms with Gasteiger partial charge in [-0.05, 0) is 18.2 Å². The first kappa shape index (κ1) is 18.1. The van der Waals surface area contributed by atoms with Crippen LogP contribution in [-0.2, 0) is 19.1 Å². The van der Waals surface area contributed by atoms with Crippen molar-refractivity contribution in [2.75, 3.05) is 49.2 Å². The van der Waals surface area contributed by atoms with Crippen molar-refractivity contribution in [3.63, 3.8) is 0 Å². The Labute approximate surface area is 150 Å². The average molecular weight is 365 g/mol. The number of carbonyl (C=O) groups excluding carboxylic acids is 3. The van der Waals surface area contributed by atoms with E-state index in [4.69, 9.17) is 9.47 Å². The molecule has 0 spiro atoms. The Hall–Kier alpha value is -2.68. The lowest BCUT2D eigenvalue weighted by atomic mass is 10.2. The predicted molar refractivity (Wildman–Crippen MR) is 90.5 cm³/mol. The SMILES string of the molecule is CC(=O)N(C=O)C[C@H]1CN(c2ccc(N3CCOCC3)c(F)c2)C(=O)O1. The third kappa shape index (κ3) is 3.77. The van der Waals surface area contributed by atoms with Crippen LogP contribution in [0.25, 0.3) is 0 Å². The molecule has 8 nitrogen and oxygen atoms in total. The molecule has 0 aromatic heterocycles. The van der Waals surface area contributed by atoms with Crippen LogP contribution in [0.2, 0.25) is 0 Å². The van der Waals surface area contributed by atoms with Gasteiger partial charge < -0.3 is 14.4 Å². The summed E-state index contributed by atoms with van der Waals surface area (Å²) in [6.07, 6.45) is -0.892. The van der Waals surface area contributed by atoms with E-state index < -0.39 is 23.9 Å². The highest BCUT2D eigenvalue weighted by Gasteiger charge is 2.34. The van der Waals surface area contributed by atoms with Crippen LogP contribution in [0, 0.1) is 5.82 Å². The smallest absolute Gasteiger partial charge is 0.414 e. The van der Waals surface area contributed by atoms with Gasteiger partial charge in [-0.1, -0.05) is 0 Å². The molecule has 26 heavy (non-hydrogen) atoms. The summed E-state index contributed by atoms with van der Waals surface area (Å²) in [5.74, 6) is -0.866. The summed E-state index contributed by atoms with van der Waals surface area (Å²) in [6.45, 7) is 3.66. The molecule has 3 amide bonds. The Kier molecular flexibility index (Phi) is 5.36. The van der Waals surface area contributed by atoms with Crippen LogP contribution in [0.15, 0.2) is 18.2 Å². The van der Waals surface area contributed by atoms with Crippen LogP contribution in [0.3, 0.4) is 0 Å². The first-order valence-electron chi connectivity index (χ1n) is 8.32. The Bertz CT molecular complexity index is 708. The monoisotopic (exact) mass is 365 g/mol. The van der Waals surface area contributed by atoms with E-state index in [0.29, 0.717) is 44.1 Å². The molecular weight excluding hydrogens is 345 g/mol. The number of anilines is 2. The zero-order valence-corrected chi connectivity index (χ0v) is 14.4. The van der Waals surface area contributed by atoms with Crippen LogP contribution in [0.4, 0.5) is 20.6 Å². The number of amides is 3. The highest BCUT2D eigenvalue weighted by molar-refractivity contribution is 5.90. The minimum atomic E-state index is -0.654. The zero-order chi connectivity index (χ0) is 18.7. The van der Waals surface area contributed by atoms with Crippen molar-refractivity contribution >= 4 is 29.8 Å². The molecule has 0 saturated carbocycles. The Morgan fingerprint density at radius 1 is 1.38 bits per heavy atom. The Balaban J connectivity index is 1.70. The van der Waals surface area contributed by atoms with Crippen LogP contribution >= 0.6 is 0 Å². The summed E-state index contributed by atoms with van der Waals surface area (Å²) in [4.78, 5) is 38.4. The number of cyclic esters (lactones) is 1. The minimum Gasteiger partial charge on any atom is -0.442 e. The van der Waals surface area contributed by atoms with E-state index >= 15 is 0 Å². The van der Waals surface area contributed by atoms with Crippen LogP contribution in [0.1, 0.15) is 6.92 Å². The molecule has 2 aliphatic heterocycles. The second-order valence-corrected chi connectivity index (χ2v) is 6.13. The molecule has 2 aliphatic rings. The molecule has 0 aliphatic carbocycles. The van der Waals surface area contributed by atoms with Gasteiger partial charge in [-0.3, -0.25) is 19.4 Å². The summed E-state index contributed by atoms with van der Waals surface area (Å²) >= 11 is 0. The molecule has 1 aromatic carbocycles.